The molecule has 4 heteroatoms. The molecule has 1 aromatic rings. The standard InChI is InChI=1S/C12H17N3O/c1-5-8-15-9-7-13-10(11(15)16)14-12(3,4)6-2/h2,7,9H,5,8H2,1,3-4H3,(H,13,14). The maximum Gasteiger partial charge on any atom is 0.293 e. The second-order valence-electron chi connectivity index (χ2n) is 4.17. The van der Waals surface area contributed by atoms with E-state index in [4.69, 9.17) is 6.42 Å². The molecule has 1 aromatic heterocycles. The van der Waals surface area contributed by atoms with Crippen molar-refractivity contribution >= 4 is 5.82 Å². The first kappa shape index (κ1) is 12.3. The Balaban J connectivity index is 3.04. The first-order valence-electron chi connectivity index (χ1n) is 5.31. The van der Waals surface area contributed by atoms with E-state index in [2.05, 4.69) is 16.2 Å². The van der Waals surface area contributed by atoms with Crippen LogP contribution in [-0.4, -0.2) is 15.1 Å². The van der Waals surface area contributed by atoms with E-state index < -0.39 is 5.54 Å². The van der Waals surface area contributed by atoms with Gasteiger partial charge in [-0.25, -0.2) is 4.98 Å². The van der Waals surface area contributed by atoms with Crippen molar-refractivity contribution in [3.05, 3.63) is 22.7 Å². The molecule has 0 fully saturated rings. The number of aryl methyl sites for hydroxylation is 1. The van der Waals surface area contributed by atoms with E-state index in [0.29, 0.717) is 12.4 Å². The van der Waals surface area contributed by atoms with Crippen molar-refractivity contribution in [1.82, 2.24) is 9.55 Å². The summed E-state index contributed by atoms with van der Waals surface area (Å²) in [6, 6.07) is 0. The summed E-state index contributed by atoms with van der Waals surface area (Å²) in [6.07, 6.45) is 9.54. The Kier molecular flexibility index (Phi) is 3.73. The third-order valence-electron chi connectivity index (χ3n) is 2.17. The van der Waals surface area contributed by atoms with Gasteiger partial charge in [-0.1, -0.05) is 12.8 Å². The molecule has 0 aliphatic rings. The fourth-order valence-corrected chi connectivity index (χ4v) is 1.28. The van der Waals surface area contributed by atoms with Crippen molar-refractivity contribution < 1.29 is 0 Å². The number of nitrogens with zero attached hydrogens (tertiary/aromatic N) is 2. The van der Waals surface area contributed by atoms with Crippen LogP contribution in [0.4, 0.5) is 5.82 Å². The summed E-state index contributed by atoms with van der Waals surface area (Å²) < 4.78 is 1.63. The van der Waals surface area contributed by atoms with Gasteiger partial charge in [0, 0.05) is 18.9 Å². The lowest BCUT2D eigenvalue weighted by atomic mass is 10.1. The summed E-state index contributed by atoms with van der Waals surface area (Å²) in [5.74, 6) is 2.87. The molecule has 0 spiro atoms. The third-order valence-corrected chi connectivity index (χ3v) is 2.17. The van der Waals surface area contributed by atoms with Crippen molar-refractivity contribution in [2.24, 2.45) is 0 Å². The summed E-state index contributed by atoms with van der Waals surface area (Å²) >= 11 is 0. The van der Waals surface area contributed by atoms with Gasteiger partial charge in [-0.05, 0) is 20.3 Å². The third kappa shape index (κ3) is 2.86. The Morgan fingerprint density at radius 3 is 2.88 bits per heavy atom. The minimum atomic E-state index is -0.572. The predicted octanol–water partition coefficient (Wildman–Crippen LogP) is 1.48. The molecule has 4 nitrogen and oxygen atoms in total. The lowest BCUT2D eigenvalue weighted by Gasteiger charge is -2.20. The zero-order chi connectivity index (χ0) is 12.2. The molecule has 0 bridgehead atoms. The average Bonchev–Trinajstić information content (AvgIpc) is 2.24. The SMILES string of the molecule is C#CC(C)(C)Nc1nccn(CCC)c1=O. The van der Waals surface area contributed by atoms with Crippen molar-refractivity contribution in [2.75, 3.05) is 5.32 Å². The molecular formula is C12H17N3O. The smallest absolute Gasteiger partial charge is 0.293 e. The van der Waals surface area contributed by atoms with Gasteiger partial charge in [-0.2, -0.15) is 0 Å². The number of terminal acetylenes is 1. The van der Waals surface area contributed by atoms with Crippen LogP contribution in [0.3, 0.4) is 0 Å². The monoisotopic (exact) mass is 219 g/mol. The molecule has 1 rings (SSSR count). The topological polar surface area (TPSA) is 46.9 Å². The Bertz CT molecular complexity index is 454. The van der Waals surface area contributed by atoms with E-state index in [0.717, 1.165) is 6.42 Å². The minimum absolute atomic E-state index is 0.132. The van der Waals surface area contributed by atoms with Gasteiger partial charge < -0.3 is 9.88 Å². The first-order valence-corrected chi connectivity index (χ1v) is 5.31. The lowest BCUT2D eigenvalue weighted by molar-refractivity contribution is 0.643. The second kappa shape index (κ2) is 4.84. The number of anilines is 1. The van der Waals surface area contributed by atoms with Gasteiger partial charge in [0.1, 0.15) is 0 Å². The zero-order valence-electron chi connectivity index (χ0n) is 9.95. The van der Waals surface area contributed by atoms with Crippen LogP contribution < -0.4 is 10.9 Å². The summed E-state index contributed by atoms with van der Waals surface area (Å²) in [5.41, 5.74) is -0.704. The fraction of sp³-hybridized carbons (Fsp3) is 0.500. The van der Waals surface area contributed by atoms with Crippen LogP contribution in [0.15, 0.2) is 17.2 Å². The van der Waals surface area contributed by atoms with Crippen LogP contribution in [0.2, 0.25) is 0 Å². The van der Waals surface area contributed by atoms with E-state index in [-0.39, 0.29) is 5.56 Å². The molecule has 1 heterocycles. The maximum absolute atomic E-state index is 11.9. The van der Waals surface area contributed by atoms with Gasteiger partial charge in [-0.3, -0.25) is 4.79 Å². The molecule has 1 N–H and O–H groups in total. The molecule has 0 aliphatic heterocycles. The van der Waals surface area contributed by atoms with Crippen LogP contribution in [0.5, 0.6) is 0 Å². The maximum atomic E-state index is 11.9. The number of rotatable bonds is 4. The summed E-state index contributed by atoms with van der Waals surface area (Å²) in [6.45, 7) is 6.36. The molecule has 0 radical (unpaired) electrons. The van der Waals surface area contributed by atoms with Crippen LogP contribution in [0.25, 0.3) is 0 Å². The van der Waals surface area contributed by atoms with Crippen LogP contribution in [0.1, 0.15) is 27.2 Å². The zero-order valence-corrected chi connectivity index (χ0v) is 9.95. The van der Waals surface area contributed by atoms with Gasteiger partial charge in [0.2, 0.25) is 0 Å². The minimum Gasteiger partial charge on any atom is -0.350 e. The highest BCUT2D eigenvalue weighted by atomic mass is 16.1. The quantitative estimate of drug-likeness (QED) is 0.780. The van der Waals surface area contributed by atoms with Crippen molar-refractivity contribution in [3.8, 4) is 12.3 Å². The molecule has 0 amide bonds. The highest BCUT2D eigenvalue weighted by Crippen LogP contribution is 2.07. The average molecular weight is 219 g/mol. The highest BCUT2D eigenvalue weighted by molar-refractivity contribution is 5.38. The summed E-state index contributed by atoms with van der Waals surface area (Å²) in [4.78, 5) is 15.9. The van der Waals surface area contributed by atoms with E-state index in [1.165, 1.54) is 0 Å². The number of nitrogens with one attached hydrogen (secondary N) is 1. The number of aromatic nitrogens is 2. The molecule has 0 unspecified atom stereocenters. The molecular weight excluding hydrogens is 202 g/mol. The summed E-state index contributed by atoms with van der Waals surface area (Å²) in [5, 5.41) is 2.95. The molecule has 0 atom stereocenters. The highest BCUT2D eigenvalue weighted by Gasteiger charge is 2.16. The van der Waals surface area contributed by atoms with E-state index >= 15 is 0 Å². The fourth-order valence-electron chi connectivity index (χ4n) is 1.28. The summed E-state index contributed by atoms with van der Waals surface area (Å²) in [7, 11) is 0. The van der Waals surface area contributed by atoms with Crippen LogP contribution in [-0.2, 0) is 6.54 Å². The Morgan fingerprint density at radius 1 is 1.62 bits per heavy atom. The van der Waals surface area contributed by atoms with Crippen LogP contribution in [0, 0.1) is 12.3 Å². The molecule has 0 aromatic carbocycles. The lowest BCUT2D eigenvalue weighted by Crippen LogP contribution is -2.34. The molecule has 0 saturated heterocycles. The van der Waals surface area contributed by atoms with Crippen molar-refractivity contribution in [3.63, 3.8) is 0 Å². The van der Waals surface area contributed by atoms with Gasteiger partial charge >= 0.3 is 0 Å². The normalized spacial score (nSPS) is 10.9. The van der Waals surface area contributed by atoms with Crippen molar-refractivity contribution in [1.29, 1.82) is 0 Å². The largest absolute Gasteiger partial charge is 0.350 e. The van der Waals surface area contributed by atoms with Gasteiger partial charge in [-0.15, -0.1) is 6.42 Å². The Morgan fingerprint density at radius 2 is 2.31 bits per heavy atom. The predicted molar refractivity (Wildman–Crippen MR) is 65.3 cm³/mol. The number of hydrogen-bond donors (Lipinski definition) is 1. The molecule has 0 saturated carbocycles. The molecule has 16 heavy (non-hydrogen) atoms. The Hall–Kier alpha value is -1.76. The second-order valence-corrected chi connectivity index (χ2v) is 4.17. The first-order chi connectivity index (χ1) is 7.50. The van der Waals surface area contributed by atoms with Crippen molar-refractivity contribution in [2.45, 2.75) is 39.3 Å². The van der Waals surface area contributed by atoms with Crippen LogP contribution >= 0.6 is 0 Å². The molecule has 0 aliphatic carbocycles. The van der Waals surface area contributed by atoms with E-state index in [1.807, 2.05) is 20.8 Å². The van der Waals surface area contributed by atoms with Gasteiger partial charge in [0.25, 0.3) is 5.56 Å². The Labute approximate surface area is 95.7 Å². The van der Waals surface area contributed by atoms with E-state index in [9.17, 15) is 4.79 Å². The number of hydrogen-bond acceptors (Lipinski definition) is 3. The van der Waals surface area contributed by atoms with E-state index in [1.54, 1.807) is 17.0 Å². The molecule has 86 valence electrons. The van der Waals surface area contributed by atoms with Gasteiger partial charge in [0.05, 0.1) is 5.54 Å². The van der Waals surface area contributed by atoms with Gasteiger partial charge in [0.15, 0.2) is 5.82 Å².